The molecule has 2 fully saturated rings. The molecule has 0 unspecified atom stereocenters. The summed E-state index contributed by atoms with van der Waals surface area (Å²) in [5, 5.41) is 2.85. The first-order chi connectivity index (χ1) is 14.5. The molecule has 1 saturated heterocycles. The zero-order valence-corrected chi connectivity index (χ0v) is 17.4. The number of halogens is 1. The lowest BCUT2D eigenvalue weighted by Gasteiger charge is -2.46. The van der Waals surface area contributed by atoms with E-state index in [0.717, 1.165) is 30.5 Å². The number of hydrogen-bond acceptors (Lipinski definition) is 3. The summed E-state index contributed by atoms with van der Waals surface area (Å²) in [6.45, 7) is 4.27. The number of para-hydroxylation sites is 1. The molecule has 2 amide bonds. The van der Waals surface area contributed by atoms with Crippen molar-refractivity contribution in [2.75, 3.05) is 36.4 Å². The molecule has 1 saturated carbocycles. The molecule has 1 heterocycles. The molecule has 30 heavy (non-hydrogen) atoms. The minimum Gasteiger partial charge on any atom is -0.366 e. The van der Waals surface area contributed by atoms with Crippen LogP contribution in [-0.4, -0.2) is 42.9 Å². The fraction of sp³-hybridized carbons (Fsp3) is 0.417. The molecular weight excluding hydrogens is 381 g/mol. The molecule has 2 aromatic rings. The highest BCUT2D eigenvalue weighted by Gasteiger charge is 2.48. The van der Waals surface area contributed by atoms with E-state index in [2.05, 4.69) is 5.32 Å². The molecule has 2 aromatic carbocycles. The van der Waals surface area contributed by atoms with Crippen LogP contribution >= 0.6 is 0 Å². The molecule has 0 aromatic heterocycles. The van der Waals surface area contributed by atoms with Gasteiger partial charge in [0, 0.05) is 38.3 Å². The van der Waals surface area contributed by atoms with Crippen molar-refractivity contribution in [3.63, 3.8) is 0 Å². The lowest BCUT2D eigenvalue weighted by Crippen LogP contribution is -2.56. The molecule has 1 N–H and O–H groups in total. The van der Waals surface area contributed by atoms with E-state index in [-0.39, 0.29) is 17.6 Å². The molecule has 6 heteroatoms. The highest BCUT2D eigenvalue weighted by molar-refractivity contribution is 5.91. The predicted octanol–water partition coefficient (Wildman–Crippen LogP) is 3.94. The van der Waals surface area contributed by atoms with E-state index in [1.165, 1.54) is 6.07 Å². The summed E-state index contributed by atoms with van der Waals surface area (Å²) in [7, 11) is 0. The highest BCUT2D eigenvalue weighted by Crippen LogP contribution is 2.45. The molecule has 0 radical (unpaired) electrons. The number of nitrogens with zero attached hydrogens (tertiary/aromatic N) is 2. The zero-order valence-electron chi connectivity index (χ0n) is 17.4. The lowest BCUT2D eigenvalue weighted by molar-refractivity contribution is -0.141. The number of amides is 2. The van der Waals surface area contributed by atoms with Crippen LogP contribution in [0.1, 0.15) is 38.2 Å². The predicted molar refractivity (Wildman–Crippen MR) is 116 cm³/mol. The van der Waals surface area contributed by atoms with Gasteiger partial charge in [-0.3, -0.25) is 9.59 Å². The fourth-order valence-corrected chi connectivity index (χ4v) is 4.44. The zero-order chi connectivity index (χ0) is 21.1. The number of rotatable bonds is 5. The van der Waals surface area contributed by atoms with Gasteiger partial charge in [0.25, 0.3) is 0 Å². The third-order valence-electron chi connectivity index (χ3n) is 6.42. The Kier molecular flexibility index (Phi) is 5.75. The van der Waals surface area contributed by atoms with Crippen LogP contribution < -0.4 is 10.2 Å². The van der Waals surface area contributed by atoms with Crippen LogP contribution in [0.2, 0.25) is 0 Å². The standard InChI is InChI=1S/C24H28FN3O2/c1-2-22(29)26-19-10-8-18(9-11-19)24(12-5-13-24)23(30)28-16-14-27(15-17-28)21-7-4-3-6-20(21)25/h3-4,6-11H,2,5,12-17H2,1H3,(H,26,29). The molecule has 158 valence electrons. The molecule has 0 spiro atoms. The van der Waals surface area contributed by atoms with Crippen molar-refractivity contribution in [2.24, 2.45) is 0 Å². The smallest absolute Gasteiger partial charge is 0.233 e. The van der Waals surface area contributed by atoms with Crippen LogP contribution in [0.3, 0.4) is 0 Å². The molecule has 1 aliphatic heterocycles. The van der Waals surface area contributed by atoms with Crippen LogP contribution in [0.4, 0.5) is 15.8 Å². The van der Waals surface area contributed by atoms with Gasteiger partial charge in [0.05, 0.1) is 11.1 Å². The summed E-state index contributed by atoms with van der Waals surface area (Å²) in [6.07, 6.45) is 3.17. The third kappa shape index (κ3) is 3.78. The normalized spacial score (nSPS) is 17.9. The first kappa shape index (κ1) is 20.4. The van der Waals surface area contributed by atoms with E-state index in [1.807, 2.05) is 47.1 Å². The minimum atomic E-state index is -0.465. The quantitative estimate of drug-likeness (QED) is 0.814. The molecule has 5 nitrogen and oxygen atoms in total. The summed E-state index contributed by atoms with van der Waals surface area (Å²) in [5.41, 5.74) is 1.91. The average molecular weight is 410 g/mol. The van der Waals surface area contributed by atoms with Gasteiger partial charge in [-0.1, -0.05) is 37.6 Å². The Morgan fingerprint density at radius 2 is 1.67 bits per heavy atom. The second-order valence-electron chi connectivity index (χ2n) is 8.15. The summed E-state index contributed by atoms with van der Waals surface area (Å²) < 4.78 is 14.1. The maximum Gasteiger partial charge on any atom is 0.233 e. The van der Waals surface area contributed by atoms with E-state index < -0.39 is 5.41 Å². The van der Waals surface area contributed by atoms with Gasteiger partial charge in [-0.2, -0.15) is 0 Å². The number of hydrogen-bond donors (Lipinski definition) is 1. The summed E-state index contributed by atoms with van der Waals surface area (Å²) in [6, 6.07) is 14.5. The van der Waals surface area contributed by atoms with Gasteiger partial charge in [0.15, 0.2) is 0 Å². The second-order valence-corrected chi connectivity index (χ2v) is 8.15. The van der Waals surface area contributed by atoms with E-state index in [0.29, 0.717) is 38.3 Å². The van der Waals surface area contributed by atoms with Gasteiger partial charge in [0.2, 0.25) is 11.8 Å². The summed E-state index contributed by atoms with van der Waals surface area (Å²) >= 11 is 0. The van der Waals surface area contributed by atoms with Gasteiger partial charge in [0.1, 0.15) is 5.82 Å². The van der Waals surface area contributed by atoms with E-state index in [9.17, 15) is 14.0 Å². The van der Waals surface area contributed by atoms with Crippen LogP contribution in [-0.2, 0) is 15.0 Å². The van der Waals surface area contributed by atoms with Crippen molar-refractivity contribution in [3.05, 3.63) is 59.9 Å². The third-order valence-corrected chi connectivity index (χ3v) is 6.42. The van der Waals surface area contributed by atoms with Gasteiger partial charge in [-0.15, -0.1) is 0 Å². The van der Waals surface area contributed by atoms with Crippen LogP contribution in [0.25, 0.3) is 0 Å². The molecule has 0 atom stereocenters. The first-order valence-electron chi connectivity index (χ1n) is 10.7. The monoisotopic (exact) mass is 409 g/mol. The number of carbonyl (C=O) groups excluding carboxylic acids is 2. The summed E-state index contributed by atoms with van der Waals surface area (Å²) in [4.78, 5) is 29.0. The lowest BCUT2D eigenvalue weighted by atomic mass is 9.63. The van der Waals surface area contributed by atoms with Crippen molar-refractivity contribution in [1.82, 2.24) is 4.90 Å². The SMILES string of the molecule is CCC(=O)Nc1ccc(C2(C(=O)N3CCN(c4ccccc4F)CC3)CCC2)cc1. The maximum atomic E-state index is 14.1. The van der Waals surface area contributed by atoms with Gasteiger partial charge in [-0.05, 0) is 42.7 Å². The number of nitrogens with one attached hydrogen (secondary N) is 1. The minimum absolute atomic E-state index is 0.0232. The number of carbonyl (C=O) groups is 2. The Morgan fingerprint density at radius 3 is 2.23 bits per heavy atom. The molecular formula is C24H28FN3O2. The van der Waals surface area contributed by atoms with Crippen molar-refractivity contribution in [3.8, 4) is 0 Å². The van der Waals surface area contributed by atoms with Gasteiger partial charge >= 0.3 is 0 Å². The van der Waals surface area contributed by atoms with Crippen molar-refractivity contribution >= 4 is 23.2 Å². The largest absolute Gasteiger partial charge is 0.366 e. The van der Waals surface area contributed by atoms with Crippen LogP contribution in [0.5, 0.6) is 0 Å². The molecule has 1 aliphatic carbocycles. The van der Waals surface area contributed by atoms with Gasteiger partial charge in [-0.25, -0.2) is 4.39 Å². The number of anilines is 2. The molecule has 2 aliphatic rings. The van der Waals surface area contributed by atoms with Gasteiger partial charge < -0.3 is 15.1 Å². The highest BCUT2D eigenvalue weighted by atomic mass is 19.1. The Morgan fingerprint density at radius 1 is 1.00 bits per heavy atom. The number of benzene rings is 2. The fourth-order valence-electron chi connectivity index (χ4n) is 4.44. The Balaban J connectivity index is 1.44. The Hall–Kier alpha value is -2.89. The Bertz CT molecular complexity index is 916. The molecule has 4 rings (SSSR count). The Labute approximate surface area is 176 Å². The van der Waals surface area contributed by atoms with Crippen molar-refractivity contribution < 1.29 is 14.0 Å². The van der Waals surface area contributed by atoms with Crippen LogP contribution in [0, 0.1) is 5.82 Å². The van der Waals surface area contributed by atoms with E-state index in [1.54, 1.807) is 12.1 Å². The van der Waals surface area contributed by atoms with Crippen molar-refractivity contribution in [1.29, 1.82) is 0 Å². The van der Waals surface area contributed by atoms with E-state index in [4.69, 9.17) is 0 Å². The molecule has 0 bridgehead atoms. The maximum absolute atomic E-state index is 14.1. The first-order valence-corrected chi connectivity index (χ1v) is 10.7. The number of piperazine rings is 1. The van der Waals surface area contributed by atoms with Crippen molar-refractivity contribution in [2.45, 2.75) is 38.0 Å². The van der Waals surface area contributed by atoms with E-state index >= 15 is 0 Å². The second kappa shape index (κ2) is 8.46. The van der Waals surface area contributed by atoms with Crippen LogP contribution in [0.15, 0.2) is 48.5 Å². The average Bonchev–Trinajstić information content (AvgIpc) is 2.74. The topological polar surface area (TPSA) is 52.7 Å². The summed E-state index contributed by atoms with van der Waals surface area (Å²) in [5.74, 6) is -0.0693.